The molecule has 0 bridgehead atoms. The van der Waals surface area contributed by atoms with Gasteiger partial charge in [-0.05, 0) is 53.7 Å². The van der Waals surface area contributed by atoms with E-state index in [-0.39, 0.29) is 5.91 Å². The molecule has 86 valence electrons. The average Bonchev–Trinajstić information content (AvgIpc) is 3.11. The molecule has 0 aromatic heterocycles. The smallest absolute Gasteiger partial charge is 0.254 e. The van der Waals surface area contributed by atoms with Gasteiger partial charge in [-0.3, -0.25) is 4.79 Å². The van der Waals surface area contributed by atoms with Crippen LogP contribution in [-0.2, 0) is 0 Å². The number of nitrogens with zero attached hydrogens (tertiary/aromatic N) is 1. The molecule has 3 heteroatoms. The van der Waals surface area contributed by atoms with Gasteiger partial charge in [0.05, 0.1) is 5.56 Å². The van der Waals surface area contributed by atoms with Gasteiger partial charge in [-0.2, -0.15) is 0 Å². The molecule has 1 unspecified atom stereocenters. The Bertz CT molecular complexity index is 401. The Labute approximate surface area is 105 Å². The molecule has 0 spiro atoms. The van der Waals surface area contributed by atoms with Crippen molar-refractivity contribution in [2.45, 2.75) is 25.8 Å². The summed E-state index contributed by atoms with van der Waals surface area (Å²) in [7, 11) is 1.89. The van der Waals surface area contributed by atoms with Crippen LogP contribution in [0.15, 0.2) is 28.7 Å². The van der Waals surface area contributed by atoms with Crippen LogP contribution in [0.3, 0.4) is 0 Å². The molecule has 16 heavy (non-hydrogen) atoms. The fourth-order valence-corrected chi connectivity index (χ4v) is 2.36. The van der Waals surface area contributed by atoms with E-state index in [1.54, 1.807) is 0 Å². The van der Waals surface area contributed by atoms with Gasteiger partial charge in [0.1, 0.15) is 0 Å². The highest BCUT2D eigenvalue weighted by atomic mass is 79.9. The predicted molar refractivity (Wildman–Crippen MR) is 68.4 cm³/mol. The minimum Gasteiger partial charge on any atom is -0.339 e. The number of rotatable bonds is 3. The first kappa shape index (κ1) is 11.6. The van der Waals surface area contributed by atoms with Crippen LogP contribution in [-0.4, -0.2) is 23.9 Å². The normalized spacial score (nSPS) is 16.9. The van der Waals surface area contributed by atoms with Crippen molar-refractivity contribution in [3.8, 4) is 0 Å². The van der Waals surface area contributed by atoms with E-state index >= 15 is 0 Å². The van der Waals surface area contributed by atoms with Crippen molar-refractivity contribution >= 4 is 21.8 Å². The van der Waals surface area contributed by atoms with Gasteiger partial charge < -0.3 is 4.90 Å². The van der Waals surface area contributed by atoms with Gasteiger partial charge in [-0.15, -0.1) is 0 Å². The second kappa shape index (κ2) is 4.58. The third-order valence-electron chi connectivity index (χ3n) is 3.34. The Morgan fingerprint density at radius 3 is 2.62 bits per heavy atom. The molecule has 1 aromatic rings. The quantitative estimate of drug-likeness (QED) is 0.832. The number of hydrogen-bond donors (Lipinski definition) is 0. The van der Waals surface area contributed by atoms with Crippen LogP contribution in [0, 0.1) is 5.92 Å². The summed E-state index contributed by atoms with van der Waals surface area (Å²) < 4.78 is 0.870. The van der Waals surface area contributed by atoms with Crippen molar-refractivity contribution in [2.75, 3.05) is 7.05 Å². The van der Waals surface area contributed by atoms with Crippen LogP contribution in [0.1, 0.15) is 30.1 Å². The molecule has 1 saturated carbocycles. The van der Waals surface area contributed by atoms with E-state index in [2.05, 4.69) is 22.9 Å². The maximum atomic E-state index is 12.2. The Balaban J connectivity index is 2.15. The second-order valence-corrected chi connectivity index (χ2v) is 5.33. The highest BCUT2D eigenvalue weighted by Crippen LogP contribution is 2.35. The van der Waals surface area contributed by atoms with Crippen molar-refractivity contribution < 1.29 is 4.79 Å². The minimum atomic E-state index is 0.104. The summed E-state index contributed by atoms with van der Waals surface area (Å²) >= 11 is 3.42. The standard InChI is InChI=1S/C13H16BrNO/c1-9(10-7-8-10)15(2)13(16)11-5-3-4-6-12(11)14/h3-6,9-10H,7-8H2,1-2H3. The molecule has 1 fully saturated rings. The summed E-state index contributed by atoms with van der Waals surface area (Å²) in [6.45, 7) is 2.13. The highest BCUT2D eigenvalue weighted by molar-refractivity contribution is 9.10. The zero-order chi connectivity index (χ0) is 11.7. The van der Waals surface area contributed by atoms with Gasteiger partial charge in [0.25, 0.3) is 5.91 Å². The molecule has 0 heterocycles. The third kappa shape index (κ3) is 2.29. The molecule has 1 aliphatic carbocycles. The maximum Gasteiger partial charge on any atom is 0.254 e. The van der Waals surface area contributed by atoms with E-state index in [4.69, 9.17) is 0 Å². The van der Waals surface area contributed by atoms with Crippen molar-refractivity contribution in [3.05, 3.63) is 34.3 Å². The first-order valence-electron chi connectivity index (χ1n) is 5.63. The number of benzene rings is 1. The molecule has 0 saturated heterocycles. The van der Waals surface area contributed by atoms with Crippen LogP contribution in [0.25, 0.3) is 0 Å². The van der Waals surface area contributed by atoms with E-state index in [0.29, 0.717) is 12.0 Å². The highest BCUT2D eigenvalue weighted by Gasteiger charge is 2.32. The largest absolute Gasteiger partial charge is 0.339 e. The molecule has 2 nitrogen and oxygen atoms in total. The lowest BCUT2D eigenvalue weighted by Crippen LogP contribution is -2.36. The van der Waals surface area contributed by atoms with E-state index in [1.165, 1.54) is 12.8 Å². The predicted octanol–water partition coefficient (Wildman–Crippen LogP) is 3.32. The Hall–Kier alpha value is -0.830. The molecule has 2 rings (SSSR count). The molecule has 0 radical (unpaired) electrons. The summed E-state index contributed by atoms with van der Waals surface area (Å²) in [6, 6.07) is 7.93. The van der Waals surface area contributed by atoms with Crippen LogP contribution < -0.4 is 0 Å². The summed E-state index contributed by atoms with van der Waals surface area (Å²) in [5, 5.41) is 0. The van der Waals surface area contributed by atoms with Crippen molar-refractivity contribution in [1.82, 2.24) is 4.90 Å². The van der Waals surface area contributed by atoms with E-state index in [0.717, 1.165) is 10.0 Å². The molecular formula is C13H16BrNO. The fraction of sp³-hybridized carbons (Fsp3) is 0.462. The maximum absolute atomic E-state index is 12.2. The zero-order valence-corrected chi connectivity index (χ0v) is 11.2. The van der Waals surface area contributed by atoms with E-state index in [9.17, 15) is 4.79 Å². The molecule has 1 atom stereocenters. The summed E-state index contributed by atoms with van der Waals surface area (Å²) in [4.78, 5) is 14.1. The molecule has 1 amide bonds. The van der Waals surface area contributed by atoms with E-state index < -0.39 is 0 Å². The number of amides is 1. The lowest BCUT2D eigenvalue weighted by molar-refractivity contribution is 0.0726. The van der Waals surface area contributed by atoms with E-state index in [1.807, 2.05) is 36.2 Å². The molecule has 0 aliphatic heterocycles. The molecule has 1 aromatic carbocycles. The van der Waals surface area contributed by atoms with Crippen molar-refractivity contribution in [3.63, 3.8) is 0 Å². The Morgan fingerprint density at radius 2 is 2.06 bits per heavy atom. The number of carbonyl (C=O) groups excluding carboxylic acids is 1. The third-order valence-corrected chi connectivity index (χ3v) is 4.03. The minimum absolute atomic E-state index is 0.104. The number of hydrogen-bond acceptors (Lipinski definition) is 1. The summed E-state index contributed by atoms with van der Waals surface area (Å²) in [5.41, 5.74) is 0.748. The van der Waals surface area contributed by atoms with Crippen LogP contribution in [0.4, 0.5) is 0 Å². The molecule has 0 N–H and O–H groups in total. The van der Waals surface area contributed by atoms with Gasteiger partial charge in [0, 0.05) is 17.6 Å². The molecule has 1 aliphatic rings. The lowest BCUT2D eigenvalue weighted by atomic mass is 10.1. The monoisotopic (exact) mass is 281 g/mol. The topological polar surface area (TPSA) is 20.3 Å². The first-order chi connectivity index (χ1) is 7.61. The number of halogens is 1. The summed E-state index contributed by atoms with van der Waals surface area (Å²) in [6.07, 6.45) is 2.52. The first-order valence-corrected chi connectivity index (χ1v) is 6.42. The van der Waals surface area contributed by atoms with Crippen LogP contribution >= 0.6 is 15.9 Å². The fourth-order valence-electron chi connectivity index (χ4n) is 1.90. The van der Waals surface area contributed by atoms with Gasteiger partial charge in [0.2, 0.25) is 0 Å². The summed E-state index contributed by atoms with van der Waals surface area (Å²) in [5.74, 6) is 0.809. The Morgan fingerprint density at radius 1 is 1.44 bits per heavy atom. The Kier molecular flexibility index (Phi) is 3.33. The van der Waals surface area contributed by atoms with Gasteiger partial charge in [-0.1, -0.05) is 12.1 Å². The van der Waals surface area contributed by atoms with Gasteiger partial charge in [-0.25, -0.2) is 0 Å². The van der Waals surface area contributed by atoms with Gasteiger partial charge >= 0.3 is 0 Å². The van der Waals surface area contributed by atoms with Crippen molar-refractivity contribution in [2.24, 2.45) is 5.92 Å². The molecular weight excluding hydrogens is 266 g/mol. The van der Waals surface area contributed by atoms with Crippen molar-refractivity contribution in [1.29, 1.82) is 0 Å². The lowest BCUT2D eigenvalue weighted by Gasteiger charge is -2.25. The average molecular weight is 282 g/mol. The second-order valence-electron chi connectivity index (χ2n) is 4.47. The van der Waals surface area contributed by atoms with Crippen LogP contribution in [0.5, 0.6) is 0 Å². The number of carbonyl (C=O) groups is 1. The SMILES string of the molecule is CC(C1CC1)N(C)C(=O)c1ccccc1Br. The zero-order valence-electron chi connectivity index (χ0n) is 9.61. The van der Waals surface area contributed by atoms with Gasteiger partial charge in [0.15, 0.2) is 0 Å². The van der Waals surface area contributed by atoms with Crippen LogP contribution in [0.2, 0.25) is 0 Å².